The van der Waals surface area contributed by atoms with Crippen LogP contribution in [0, 0.1) is 0 Å². The summed E-state index contributed by atoms with van der Waals surface area (Å²) in [4.78, 5) is 0. The van der Waals surface area contributed by atoms with Crippen LogP contribution in [0.15, 0.2) is 23.9 Å². The third-order valence-corrected chi connectivity index (χ3v) is 2.71. The van der Waals surface area contributed by atoms with Crippen molar-refractivity contribution in [2.24, 2.45) is 0 Å². The zero-order chi connectivity index (χ0) is 11.3. The van der Waals surface area contributed by atoms with E-state index in [1.165, 1.54) is 5.57 Å². The number of hydrogen-bond donors (Lipinski definition) is 0. The van der Waals surface area contributed by atoms with Crippen LogP contribution in [-0.4, -0.2) is 15.1 Å². The number of aromatic nitrogens is 2. The second-order valence-electron chi connectivity index (χ2n) is 4.09. The van der Waals surface area contributed by atoms with E-state index >= 15 is 0 Å². The Balaban J connectivity index is 2.57. The van der Waals surface area contributed by atoms with Crippen molar-refractivity contribution in [1.29, 1.82) is 0 Å². The van der Waals surface area contributed by atoms with Crippen molar-refractivity contribution in [2.45, 2.75) is 39.7 Å². The monoisotopic (exact) mass is 270 g/mol. The smallest absolute Gasteiger partial charge is 0.0664 e. The molecule has 0 aliphatic heterocycles. The quantitative estimate of drug-likeness (QED) is 0.589. The first-order valence-electron chi connectivity index (χ1n) is 5.39. The maximum absolute atomic E-state index is 4.52. The molecule has 0 radical (unpaired) electrons. The Morgan fingerprint density at radius 1 is 1.60 bits per heavy atom. The Kier molecular flexibility index (Phi) is 5.09. The lowest BCUT2D eigenvalue weighted by Gasteiger charge is -2.03. The summed E-state index contributed by atoms with van der Waals surface area (Å²) in [5.41, 5.74) is 2.55. The lowest BCUT2D eigenvalue weighted by Crippen LogP contribution is -2.01. The summed E-state index contributed by atoms with van der Waals surface area (Å²) in [5, 5.41) is 5.55. The minimum Gasteiger partial charge on any atom is -0.270 e. The van der Waals surface area contributed by atoms with Crippen LogP contribution in [0.2, 0.25) is 0 Å². The van der Waals surface area contributed by atoms with Crippen LogP contribution in [0.25, 0.3) is 0 Å². The fraction of sp³-hybridized carbons (Fsp3) is 0.583. The molecule has 0 aliphatic carbocycles. The van der Waals surface area contributed by atoms with Crippen LogP contribution in [0.1, 0.15) is 38.9 Å². The molecule has 3 heteroatoms. The van der Waals surface area contributed by atoms with Gasteiger partial charge in [-0.2, -0.15) is 5.10 Å². The molecule has 0 spiro atoms. The fourth-order valence-electron chi connectivity index (χ4n) is 1.42. The number of rotatable bonds is 5. The van der Waals surface area contributed by atoms with Gasteiger partial charge in [0.25, 0.3) is 0 Å². The van der Waals surface area contributed by atoms with Gasteiger partial charge in [0.05, 0.1) is 5.69 Å². The zero-order valence-corrected chi connectivity index (χ0v) is 11.3. The van der Waals surface area contributed by atoms with Gasteiger partial charge in [-0.1, -0.05) is 27.6 Å². The van der Waals surface area contributed by atoms with E-state index in [-0.39, 0.29) is 0 Å². The molecule has 2 nitrogen and oxygen atoms in total. The zero-order valence-electron chi connectivity index (χ0n) is 9.70. The van der Waals surface area contributed by atoms with Gasteiger partial charge in [0.1, 0.15) is 0 Å². The van der Waals surface area contributed by atoms with E-state index in [9.17, 15) is 0 Å². The van der Waals surface area contributed by atoms with Gasteiger partial charge in [0.2, 0.25) is 0 Å². The predicted octanol–water partition coefficient (Wildman–Crippen LogP) is 3.74. The van der Waals surface area contributed by atoms with Crippen molar-refractivity contribution < 1.29 is 0 Å². The molecule has 0 aromatic carbocycles. The molecule has 0 bridgehead atoms. The van der Waals surface area contributed by atoms with Crippen molar-refractivity contribution >= 4 is 15.9 Å². The van der Waals surface area contributed by atoms with Crippen molar-refractivity contribution in [3.63, 3.8) is 0 Å². The molecule has 0 amide bonds. The van der Waals surface area contributed by atoms with E-state index in [0.717, 1.165) is 23.9 Å². The maximum Gasteiger partial charge on any atom is 0.0664 e. The number of hydrogen-bond acceptors (Lipinski definition) is 1. The Bertz CT molecular complexity index is 326. The van der Waals surface area contributed by atoms with Crippen LogP contribution >= 0.6 is 15.9 Å². The molecule has 1 rings (SSSR count). The molecule has 1 aromatic heterocycles. The standard InChI is InChI=1S/C12H19BrN2/c1-10(2)15-8-6-12(14-15)9-11(3)5-4-7-13/h5-6,8,10H,4,7,9H2,1-3H3. The molecule has 0 saturated carbocycles. The van der Waals surface area contributed by atoms with Crippen molar-refractivity contribution in [3.8, 4) is 0 Å². The molecule has 0 atom stereocenters. The van der Waals surface area contributed by atoms with Crippen molar-refractivity contribution in [1.82, 2.24) is 9.78 Å². The maximum atomic E-state index is 4.52. The van der Waals surface area contributed by atoms with E-state index in [0.29, 0.717) is 6.04 Å². The van der Waals surface area contributed by atoms with Gasteiger partial charge < -0.3 is 0 Å². The van der Waals surface area contributed by atoms with Gasteiger partial charge in [-0.3, -0.25) is 4.68 Å². The summed E-state index contributed by atoms with van der Waals surface area (Å²) < 4.78 is 2.01. The molecule has 0 fully saturated rings. The lowest BCUT2D eigenvalue weighted by atomic mass is 10.1. The van der Waals surface area contributed by atoms with E-state index in [1.807, 2.05) is 4.68 Å². The van der Waals surface area contributed by atoms with Crippen molar-refractivity contribution in [2.75, 3.05) is 5.33 Å². The van der Waals surface area contributed by atoms with Crippen molar-refractivity contribution in [3.05, 3.63) is 29.6 Å². The third-order valence-electron chi connectivity index (χ3n) is 2.25. The highest BCUT2D eigenvalue weighted by atomic mass is 79.9. The summed E-state index contributed by atoms with van der Waals surface area (Å²) in [5.74, 6) is 0. The van der Waals surface area contributed by atoms with E-state index in [2.05, 4.69) is 60.1 Å². The molecule has 1 heterocycles. The Labute approximate surface area is 101 Å². The molecule has 0 saturated heterocycles. The molecule has 0 unspecified atom stereocenters. The summed E-state index contributed by atoms with van der Waals surface area (Å²) in [6.07, 6.45) is 6.38. The second-order valence-corrected chi connectivity index (χ2v) is 4.88. The van der Waals surface area contributed by atoms with Gasteiger partial charge in [-0.05, 0) is 33.3 Å². The van der Waals surface area contributed by atoms with E-state index in [4.69, 9.17) is 0 Å². The highest BCUT2D eigenvalue weighted by Gasteiger charge is 2.02. The third kappa shape index (κ3) is 4.20. The number of nitrogens with zero attached hydrogens (tertiary/aromatic N) is 2. The average molecular weight is 271 g/mol. The first kappa shape index (κ1) is 12.5. The van der Waals surface area contributed by atoms with Gasteiger partial charge >= 0.3 is 0 Å². The number of halogens is 1. The molecule has 15 heavy (non-hydrogen) atoms. The minimum atomic E-state index is 0.450. The lowest BCUT2D eigenvalue weighted by molar-refractivity contribution is 0.527. The molecule has 0 aliphatic rings. The van der Waals surface area contributed by atoms with Crippen LogP contribution in [-0.2, 0) is 6.42 Å². The van der Waals surface area contributed by atoms with E-state index < -0.39 is 0 Å². The molecular weight excluding hydrogens is 252 g/mol. The average Bonchev–Trinajstić information content (AvgIpc) is 2.63. The largest absolute Gasteiger partial charge is 0.270 e. The molecule has 1 aromatic rings. The van der Waals surface area contributed by atoms with Gasteiger partial charge in [-0.25, -0.2) is 0 Å². The number of alkyl halides is 1. The van der Waals surface area contributed by atoms with Crippen LogP contribution < -0.4 is 0 Å². The van der Waals surface area contributed by atoms with Crippen LogP contribution in [0.3, 0.4) is 0 Å². The summed E-state index contributed by atoms with van der Waals surface area (Å²) >= 11 is 3.42. The van der Waals surface area contributed by atoms with Crippen LogP contribution in [0.4, 0.5) is 0 Å². The molecular formula is C12H19BrN2. The van der Waals surface area contributed by atoms with Gasteiger partial charge in [0.15, 0.2) is 0 Å². The van der Waals surface area contributed by atoms with Gasteiger partial charge in [-0.15, -0.1) is 0 Å². The fourth-order valence-corrected chi connectivity index (χ4v) is 1.65. The number of allylic oxidation sites excluding steroid dienone is 2. The summed E-state index contributed by atoms with van der Waals surface area (Å²) in [7, 11) is 0. The molecule has 0 N–H and O–H groups in total. The highest BCUT2D eigenvalue weighted by molar-refractivity contribution is 9.09. The topological polar surface area (TPSA) is 17.8 Å². The summed E-state index contributed by atoms with van der Waals surface area (Å²) in [6.45, 7) is 6.45. The predicted molar refractivity (Wildman–Crippen MR) is 68.5 cm³/mol. The summed E-state index contributed by atoms with van der Waals surface area (Å²) in [6, 6.07) is 2.55. The Morgan fingerprint density at radius 2 is 2.33 bits per heavy atom. The molecule has 84 valence electrons. The normalized spacial score (nSPS) is 12.5. The first-order chi connectivity index (χ1) is 7.13. The first-order valence-corrected chi connectivity index (χ1v) is 6.51. The Morgan fingerprint density at radius 3 is 2.87 bits per heavy atom. The minimum absolute atomic E-state index is 0.450. The Hall–Kier alpha value is -0.570. The highest BCUT2D eigenvalue weighted by Crippen LogP contribution is 2.09. The van der Waals surface area contributed by atoms with Gasteiger partial charge in [0, 0.05) is 24.0 Å². The van der Waals surface area contributed by atoms with E-state index in [1.54, 1.807) is 0 Å². The van der Waals surface area contributed by atoms with Crippen LogP contribution in [0.5, 0.6) is 0 Å². The SMILES string of the molecule is CC(=CCCBr)Cc1ccn(C(C)C)n1. The second kappa shape index (κ2) is 6.11.